The largest absolute Gasteiger partial charge is 0.505 e. The van der Waals surface area contributed by atoms with Crippen LogP contribution in [-0.2, 0) is 4.74 Å². The summed E-state index contributed by atoms with van der Waals surface area (Å²) in [5.41, 5.74) is 3.99. The van der Waals surface area contributed by atoms with E-state index in [1.165, 1.54) is 12.1 Å². The Bertz CT molecular complexity index is 874. The van der Waals surface area contributed by atoms with Gasteiger partial charge in [-0.3, -0.25) is 4.98 Å². The predicted molar refractivity (Wildman–Crippen MR) is 103 cm³/mol. The topological polar surface area (TPSA) is 62.6 Å². The van der Waals surface area contributed by atoms with Crippen LogP contribution in [-0.4, -0.2) is 34.5 Å². The molecule has 0 spiro atoms. The van der Waals surface area contributed by atoms with Crippen LogP contribution in [0.4, 0.5) is 4.39 Å². The first-order valence-electron chi connectivity index (χ1n) is 8.79. The average Bonchev–Trinajstić information content (AvgIpc) is 3.16. The van der Waals surface area contributed by atoms with Crippen LogP contribution < -0.4 is 0 Å². The lowest BCUT2D eigenvalue weighted by atomic mass is 9.95. The maximum absolute atomic E-state index is 13.7. The number of pyridine rings is 1. The van der Waals surface area contributed by atoms with Gasteiger partial charge < -0.3 is 14.9 Å². The molecule has 1 aliphatic heterocycles. The fourth-order valence-corrected chi connectivity index (χ4v) is 3.11. The maximum Gasteiger partial charge on any atom is 0.165 e. The number of allylic oxidation sites excluding steroid dienone is 1. The number of rotatable bonds is 7. The van der Waals surface area contributed by atoms with E-state index in [9.17, 15) is 14.6 Å². The van der Waals surface area contributed by atoms with E-state index in [4.69, 9.17) is 4.74 Å². The van der Waals surface area contributed by atoms with Gasteiger partial charge in [-0.1, -0.05) is 24.8 Å². The third-order valence-electron chi connectivity index (χ3n) is 4.53. The van der Waals surface area contributed by atoms with E-state index in [1.807, 2.05) is 30.4 Å². The summed E-state index contributed by atoms with van der Waals surface area (Å²) in [5.74, 6) is -1.03. The molecule has 0 saturated heterocycles. The number of aromatic nitrogens is 1. The van der Waals surface area contributed by atoms with Crippen molar-refractivity contribution in [1.82, 2.24) is 4.98 Å². The molecular weight excluding hydrogens is 345 g/mol. The Balaban J connectivity index is 1.83. The summed E-state index contributed by atoms with van der Waals surface area (Å²) in [6, 6.07) is 9.94. The van der Waals surface area contributed by atoms with Crippen LogP contribution in [0.15, 0.2) is 66.4 Å². The molecule has 2 heterocycles. The smallest absolute Gasteiger partial charge is 0.165 e. The molecule has 4 nitrogen and oxygen atoms in total. The number of nitrogens with zero attached hydrogens (tertiary/aromatic N) is 1. The van der Waals surface area contributed by atoms with Gasteiger partial charge in [0, 0.05) is 6.20 Å². The maximum atomic E-state index is 13.7. The van der Waals surface area contributed by atoms with Crippen molar-refractivity contribution in [3.8, 4) is 5.75 Å². The Labute approximate surface area is 158 Å². The fraction of sp³-hybridized carbons (Fsp3) is 0.227. The molecule has 1 aromatic carbocycles. The summed E-state index contributed by atoms with van der Waals surface area (Å²) < 4.78 is 19.4. The van der Waals surface area contributed by atoms with Gasteiger partial charge in [0.05, 0.1) is 25.0 Å². The molecule has 0 amide bonds. The zero-order valence-electron chi connectivity index (χ0n) is 14.9. The highest BCUT2D eigenvalue weighted by Gasteiger charge is 2.22. The van der Waals surface area contributed by atoms with Gasteiger partial charge in [-0.25, -0.2) is 4.39 Å². The fourth-order valence-electron chi connectivity index (χ4n) is 3.11. The minimum absolute atomic E-state index is 0.0958. The van der Waals surface area contributed by atoms with Crippen LogP contribution in [0.3, 0.4) is 0 Å². The summed E-state index contributed by atoms with van der Waals surface area (Å²) in [6.07, 6.45) is 6.74. The van der Waals surface area contributed by atoms with E-state index in [0.717, 1.165) is 16.8 Å². The molecule has 0 bridgehead atoms. The molecule has 0 aliphatic carbocycles. The highest BCUT2D eigenvalue weighted by Crippen LogP contribution is 2.29. The summed E-state index contributed by atoms with van der Waals surface area (Å²) in [7, 11) is 0. The van der Waals surface area contributed by atoms with Crippen molar-refractivity contribution in [1.29, 1.82) is 0 Å². The molecule has 1 atom stereocenters. The monoisotopic (exact) mass is 367 g/mol. The van der Waals surface area contributed by atoms with Gasteiger partial charge in [0.1, 0.15) is 0 Å². The van der Waals surface area contributed by atoms with Crippen LogP contribution in [0.1, 0.15) is 24.1 Å². The third kappa shape index (κ3) is 4.70. The van der Waals surface area contributed by atoms with Crippen molar-refractivity contribution in [2.45, 2.75) is 18.9 Å². The van der Waals surface area contributed by atoms with Gasteiger partial charge in [-0.2, -0.15) is 0 Å². The Morgan fingerprint density at radius 3 is 2.89 bits per heavy atom. The molecule has 2 aromatic rings. The van der Waals surface area contributed by atoms with E-state index in [2.05, 4.69) is 11.6 Å². The average molecular weight is 367 g/mol. The first-order chi connectivity index (χ1) is 13.1. The lowest BCUT2D eigenvalue weighted by molar-refractivity contribution is 0.116. The SMILES string of the molecule is C=C(CO)C1=CCOC1CC/C(=C/c1ccc(O)c(F)c1)c1ccccn1. The van der Waals surface area contributed by atoms with Gasteiger partial charge in [0.15, 0.2) is 11.6 Å². The normalized spacial score (nSPS) is 17.0. The van der Waals surface area contributed by atoms with E-state index >= 15 is 0 Å². The Morgan fingerprint density at radius 2 is 2.19 bits per heavy atom. The minimum atomic E-state index is -0.660. The number of aromatic hydroxyl groups is 1. The number of halogens is 1. The molecule has 27 heavy (non-hydrogen) atoms. The van der Waals surface area contributed by atoms with Crippen LogP contribution in [0.2, 0.25) is 0 Å². The molecule has 140 valence electrons. The summed E-state index contributed by atoms with van der Waals surface area (Å²) >= 11 is 0. The number of aliphatic hydroxyl groups excluding tert-OH is 1. The quantitative estimate of drug-likeness (QED) is 0.773. The molecule has 0 radical (unpaired) electrons. The molecule has 3 rings (SSSR count). The van der Waals surface area contributed by atoms with E-state index in [-0.39, 0.29) is 18.5 Å². The zero-order chi connectivity index (χ0) is 19.2. The lowest BCUT2D eigenvalue weighted by Crippen LogP contribution is -2.13. The second-order valence-electron chi connectivity index (χ2n) is 6.38. The number of hydrogen-bond acceptors (Lipinski definition) is 4. The Kier molecular flexibility index (Phi) is 6.16. The molecule has 2 N–H and O–H groups in total. The van der Waals surface area contributed by atoms with E-state index < -0.39 is 5.82 Å². The number of hydrogen-bond donors (Lipinski definition) is 2. The van der Waals surface area contributed by atoms with Gasteiger partial charge >= 0.3 is 0 Å². The molecule has 0 saturated carbocycles. The first-order valence-corrected chi connectivity index (χ1v) is 8.79. The predicted octanol–water partition coefficient (Wildman–Crippen LogP) is 4.12. The molecule has 0 fully saturated rings. The highest BCUT2D eigenvalue weighted by atomic mass is 19.1. The van der Waals surface area contributed by atoms with Crippen LogP contribution in [0, 0.1) is 5.82 Å². The molecule has 1 aliphatic rings. The second kappa shape index (κ2) is 8.75. The standard InChI is InChI=1S/C22H22FNO3/c1-15(14-25)18-9-11-27-22(18)8-6-17(20-4-2-3-10-24-20)12-16-5-7-21(26)19(23)13-16/h2-5,7,9-10,12-13,22,25-26H,1,6,8,11,14H2/b17-12-. The van der Waals surface area contributed by atoms with Gasteiger partial charge in [-0.15, -0.1) is 0 Å². The summed E-state index contributed by atoms with van der Waals surface area (Å²) in [4.78, 5) is 4.41. The molecule has 5 heteroatoms. The van der Waals surface area contributed by atoms with E-state index in [0.29, 0.717) is 30.6 Å². The Hall–Kier alpha value is -2.76. The highest BCUT2D eigenvalue weighted by molar-refractivity contribution is 5.80. The lowest BCUT2D eigenvalue weighted by Gasteiger charge is -2.17. The van der Waals surface area contributed by atoms with Crippen molar-refractivity contribution in [3.05, 3.63) is 83.5 Å². The molecule has 1 unspecified atom stereocenters. The van der Waals surface area contributed by atoms with E-state index in [1.54, 1.807) is 12.3 Å². The third-order valence-corrected chi connectivity index (χ3v) is 4.53. The van der Waals surface area contributed by atoms with Crippen LogP contribution in [0.5, 0.6) is 5.75 Å². The number of benzene rings is 1. The van der Waals surface area contributed by atoms with Gasteiger partial charge in [0.2, 0.25) is 0 Å². The van der Waals surface area contributed by atoms with Crippen molar-refractivity contribution in [3.63, 3.8) is 0 Å². The summed E-state index contributed by atoms with van der Waals surface area (Å²) in [6.45, 7) is 4.29. The number of phenolic OH excluding ortho intramolecular Hbond substituents is 1. The first kappa shape index (κ1) is 19.0. The Morgan fingerprint density at radius 1 is 1.33 bits per heavy atom. The van der Waals surface area contributed by atoms with Crippen LogP contribution in [0.25, 0.3) is 11.6 Å². The number of aliphatic hydroxyl groups is 1. The van der Waals surface area contributed by atoms with Gasteiger partial charge in [0.25, 0.3) is 0 Å². The van der Waals surface area contributed by atoms with Crippen LogP contribution >= 0.6 is 0 Å². The van der Waals surface area contributed by atoms with Crippen molar-refractivity contribution >= 4 is 11.6 Å². The number of ether oxygens (including phenoxy) is 1. The van der Waals surface area contributed by atoms with Crippen molar-refractivity contribution in [2.75, 3.05) is 13.2 Å². The molecular formula is C22H22FNO3. The van der Waals surface area contributed by atoms with Crippen molar-refractivity contribution in [2.24, 2.45) is 0 Å². The second-order valence-corrected chi connectivity index (χ2v) is 6.38. The van der Waals surface area contributed by atoms with Crippen molar-refractivity contribution < 1.29 is 19.3 Å². The number of phenols is 1. The summed E-state index contributed by atoms with van der Waals surface area (Å²) in [5, 5.41) is 18.7. The molecule has 1 aromatic heterocycles. The minimum Gasteiger partial charge on any atom is -0.505 e. The van der Waals surface area contributed by atoms with Gasteiger partial charge in [-0.05, 0) is 65.5 Å². The zero-order valence-corrected chi connectivity index (χ0v) is 14.9.